The fourth-order valence-electron chi connectivity index (χ4n) is 1.19. The van der Waals surface area contributed by atoms with Crippen LogP contribution in [0.1, 0.15) is 11.6 Å². The number of methoxy groups -OCH3 is 1. The first kappa shape index (κ1) is 7.55. The number of benzene rings is 1. The lowest BCUT2D eigenvalue weighted by Gasteiger charge is -2.02. The molecule has 1 aromatic carbocycles. The molecule has 1 aliphatic heterocycles. The van der Waals surface area contributed by atoms with Crippen molar-refractivity contribution < 1.29 is 9.13 Å². The number of ether oxygens (including phenoxy) is 1. The third kappa shape index (κ3) is 1.28. The van der Waals surface area contributed by atoms with Gasteiger partial charge in [0.1, 0.15) is 0 Å². The van der Waals surface area contributed by atoms with E-state index in [4.69, 9.17) is 4.74 Å². The Bertz CT molecular complexity index is 297. The van der Waals surface area contributed by atoms with Crippen LogP contribution < -0.4 is 10.1 Å². The van der Waals surface area contributed by atoms with Gasteiger partial charge < -0.3 is 10.1 Å². The van der Waals surface area contributed by atoms with E-state index in [9.17, 15) is 4.39 Å². The second-order valence-corrected chi connectivity index (χ2v) is 2.85. The molecule has 64 valence electrons. The van der Waals surface area contributed by atoms with Crippen LogP contribution in [0.25, 0.3) is 0 Å². The zero-order valence-corrected chi connectivity index (χ0v) is 6.80. The summed E-state index contributed by atoms with van der Waals surface area (Å²) in [7, 11) is 1.47. The smallest absolute Gasteiger partial charge is 0.165 e. The molecule has 0 amide bonds. The Hall–Kier alpha value is -1.09. The Labute approximate surface area is 70.3 Å². The molecular formula is C9H10FNO. The van der Waals surface area contributed by atoms with Gasteiger partial charge in [-0.2, -0.15) is 0 Å². The fourth-order valence-corrected chi connectivity index (χ4v) is 1.19. The van der Waals surface area contributed by atoms with E-state index in [-0.39, 0.29) is 5.82 Å². The summed E-state index contributed by atoms with van der Waals surface area (Å²) < 4.78 is 17.9. The second-order valence-electron chi connectivity index (χ2n) is 2.85. The maximum absolute atomic E-state index is 13.1. The Kier molecular flexibility index (Phi) is 1.73. The van der Waals surface area contributed by atoms with Gasteiger partial charge in [-0.1, -0.05) is 6.07 Å². The summed E-state index contributed by atoms with van der Waals surface area (Å²) >= 11 is 0. The molecule has 1 atom stereocenters. The first-order valence-electron chi connectivity index (χ1n) is 3.88. The molecule has 0 spiro atoms. The quantitative estimate of drug-likeness (QED) is 0.676. The lowest BCUT2D eigenvalue weighted by molar-refractivity contribution is 0.386. The van der Waals surface area contributed by atoms with Crippen LogP contribution in [-0.2, 0) is 0 Å². The minimum Gasteiger partial charge on any atom is -0.494 e. The highest BCUT2D eigenvalue weighted by molar-refractivity contribution is 5.32. The molecule has 12 heavy (non-hydrogen) atoms. The van der Waals surface area contributed by atoms with Crippen molar-refractivity contribution in [3.8, 4) is 5.75 Å². The zero-order chi connectivity index (χ0) is 8.55. The topological polar surface area (TPSA) is 31.2 Å². The van der Waals surface area contributed by atoms with Crippen molar-refractivity contribution in [1.29, 1.82) is 0 Å². The van der Waals surface area contributed by atoms with Crippen LogP contribution in [0.5, 0.6) is 5.75 Å². The van der Waals surface area contributed by atoms with Gasteiger partial charge in [0.25, 0.3) is 0 Å². The van der Waals surface area contributed by atoms with Gasteiger partial charge in [-0.15, -0.1) is 0 Å². The summed E-state index contributed by atoms with van der Waals surface area (Å²) in [5.41, 5.74) is 0.994. The second kappa shape index (κ2) is 2.75. The van der Waals surface area contributed by atoms with E-state index >= 15 is 0 Å². The van der Waals surface area contributed by atoms with E-state index in [2.05, 4.69) is 5.32 Å². The molecule has 0 bridgehead atoms. The highest BCUT2D eigenvalue weighted by Crippen LogP contribution is 2.25. The maximum atomic E-state index is 13.1. The average molecular weight is 167 g/mol. The van der Waals surface area contributed by atoms with Crippen molar-refractivity contribution in [3.63, 3.8) is 0 Å². The molecule has 1 saturated heterocycles. The van der Waals surface area contributed by atoms with E-state index in [1.165, 1.54) is 13.2 Å². The molecule has 0 aromatic heterocycles. The largest absolute Gasteiger partial charge is 0.494 e. The molecule has 3 heteroatoms. The molecule has 1 heterocycles. The predicted octanol–water partition coefficient (Wildman–Crippen LogP) is 1.48. The number of hydrogen-bond acceptors (Lipinski definition) is 2. The van der Waals surface area contributed by atoms with E-state index in [0.29, 0.717) is 11.8 Å². The number of hydrogen-bond donors (Lipinski definition) is 1. The van der Waals surface area contributed by atoms with Crippen molar-refractivity contribution in [3.05, 3.63) is 29.6 Å². The third-order valence-electron chi connectivity index (χ3n) is 1.99. The van der Waals surface area contributed by atoms with Crippen molar-refractivity contribution in [2.45, 2.75) is 6.04 Å². The van der Waals surface area contributed by atoms with E-state index in [0.717, 1.165) is 12.1 Å². The normalized spacial score (nSPS) is 20.7. The van der Waals surface area contributed by atoms with E-state index in [1.54, 1.807) is 6.07 Å². The van der Waals surface area contributed by atoms with Crippen molar-refractivity contribution in [2.24, 2.45) is 0 Å². The lowest BCUT2D eigenvalue weighted by Crippen LogP contribution is -1.91. The monoisotopic (exact) mass is 167 g/mol. The van der Waals surface area contributed by atoms with Crippen LogP contribution in [0, 0.1) is 5.82 Å². The molecule has 0 aliphatic carbocycles. The fraction of sp³-hybridized carbons (Fsp3) is 0.333. The van der Waals surface area contributed by atoms with Crippen LogP contribution in [-0.4, -0.2) is 13.7 Å². The van der Waals surface area contributed by atoms with E-state index in [1.807, 2.05) is 6.07 Å². The molecule has 0 unspecified atom stereocenters. The van der Waals surface area contributed by atoms with Gasteiger partial charge in [-0.05, 0) is 17.7 Å². The van der Waals surface area contributed by atoms with Gasteiger partial charge in [0.15, 0.2) is 11.6 Å². The molecule has 0 saturated carbocycles. The van der Waals surface area contributed by atoms with E-state index < -0.39 is 0 Å². The van der Waals surface area contributed by atoms with Gasteiger partial charge in [0.05, 0.1) is 7.11 Å². The molecular weight excluding hydrogens is 157 g/mol. The van der Waals surface area contributed by atoms with Crippen LogP contribution in [0.4, 0.5) is 4.39 Å². The van der Waals surface area contributed by atoms with Gasteiger partial charge >= 0.3 is 0 Å². The zero-order valence-electron chi connectivity index (χ0n) is 6.80. The van der Waals surface area contributed by atoms with Crippen molar-refractivity contribution in [1.82, 2.24) is 5.32 Å². The summed E-state index contributed by atoms with van der Waals surface area (Å²) in [4.78, 5) is 0. The van der Waals surface area contributed by atoms with Crippen LogP contribution in [0.15, 0.2) is 18.2 Å². The molecule has 2 nitrogen and oxygen atoms in total. The Morgan fingerprint density at radius 2 is 2.33 bits per heavy atom. The third-order valence-corrected chi connectivity index (χ3v) is 1.99. The minimum atomic E-state index is -0.288. The van der Waals surface area contributed by atoms with Gasteiger partial charge in [0, 0.05) is 12.6 Å². The Morgan fingerprint density at radius 1 is 1.58 bits per heavy atom. The first-order chi connectivity index (χ1) is 5.81. The summed E-state index contributed by atoms with van der Waals surface area (Å²) in [6, 6.07) is 5.41. The number of nitrogens with one attached hydrogen (secondary N) is 1. The molecule has 0 radical (unpaired) electrons. The maximum Gasteiger partial charge on any atom is 0.165 e. The van der Waals surface area contributed by atoms with Crippen LogP contribution in [0.3, 0.4) is 0 Å². The standard InChI is InChI=1S/C9H10FNO/c1-12-9-3-2-6(4-7(9)10)8-5-11-8/h2-4,8,11H,5H2,1H3/t8-/m1/s1. The summed E-state index contributed by atoms with van der Waals surface area (Å²) in [5.74, 6) is 0.0168. The average Bonchev–Trinajstić information content (AvgIpc) is 2.86. The van der Waals surface area contributed by atoms with Crippen LogP contribution >= 0.6 is 0 Å². The first-order valence-corrected chi connectivity index (χ1v) is 3.88. The summed E-state index contributed by atoms with van der Waals surface area (Å²) in [6.45, 7) is 0.950. The molecule has 1 N–H and O–H groups in total. The van der Waals surface area contributed by atoms with Gasteiger partial charge in [0.2, 0.25) is 0 Å². The molecule has 2 rings (SSSR count). The van der Waals surface area contributed by atoms with Crippen molar-refractivity contribution in [2.75, 3.05) is 13.7 Å². The highest BCUT2D eigenvalue weighted by Gasteiger charge is 2.22. The van der Waals surface area contributed by atoms with Crippen molar-refractivity contribution >= 4 is 0 Å². The number of halogens is 1. The molecule has 1 aromatic rings. The Morgan fingerprint density at radius 3 is 2.83 bits per heavy atom. The predicted molar refractivity (Wildman–Crippen MR) is 43.7 cm³/mol. The van der Waals surface area contributed by atoms with Crippen LogP contribution in [0.2, 0.25) is 0 Å². The summed E-state index contributed by atoms with van der Waals surface area (Å²) in [5, 5.41) is 3.11. The van der Waals surface area contributed by atoms with Gasteiger partial charge in [-0.25, -0.2) is 4.39 Å². The summed E-state index contributed by atoms with van der Waals surface area (Å²) in [6.07, 6.45) is 0. The lowest BCUT2D eigenvalue weighted by atomic mass is 10.1. The molecule has 1 fully saturated rings. The Balaban J connectivity index is 2.30. The number of rotatable bonds is 2. The minimum absolute atomic E-state index is 0.288. The van der Waals surface area contributed by atoms with Gasteiger partial charge in [-0.3, -0.25) is 0 Å². The highest BCUT2D eigenvalue weighted by atomic mass is 19.1. The molecule has 1 aliphatic rings. The SMILES string of the molecule is COc1ccc([C@H]2CN2)cc1F.